The summed E-state index contributed by atoms with van der Waals surface area (Å²) in [6.45, 7) is 9.76. The molecule has 0 unspecified atom stereocenters. The maximum atomic E-state index is 13.4. The molecule has 3 aromatic rings. The smallest absolute Gasteiger partial charge is 0.412 e. The van der Waals surface area contributed by atoms with Gasteiger partial charge < -0.3 is 24.9 Å². The number of primary amides is 1. The van der Waals surface area contributed by atoms with Crippen LogP contribution in [0.2, 0.25) is 0 Å². The first-order valence-corrected chi connectivity index (χ1v) is 9.77. The third-order valence-corrected chi connectivity index (χ3v) is 4.17. The number of anilines is 1. The van der Waals surface area contributed by atoms with Crippen molar-refractivity contribution in [3.8, 4) is 17.1 Å². The standard InChI is InChI=1S/C23H25FN2O5/c1-12(2)29-18-10-15-17(11-16(18)26-23(3,4)5)30-20(13-6-8-14(24)9-7-13)19(15)21(27)31-22(25)28/h6-12,26H,1-5H3,(H2,25,28). The molecule has 0 spiro atoms. The number of amides is 1. The molecule has 1 aromatic heterocycles. The van der Waals surface area contributed by atoms with Gasteiger partial charge in [-0.15, -0.1) is 0 Å². The largest absolute Gasteiger partial charge is 0.489 e. The average molecular weight is 428 g/mol. The highest BCUT2D eigenvalue weighted by atomic mass is 19.1. The van der Waals surface area contributed by atoms with E-state index in [9.17, 15) is 14.0 Å². The molecule has 0 fully saturated rings. The normalized spacial score (nSPS) is 11.6. The summed E-state index contributed by atoms with van der Waals surface area (Å²) >= 11 is 0. The van der Waals surface area contributed by atoms with Crippen LogP contribution < -0.4 is 15.8 Å². The van der Waals surface area contributed by atoms with Crippen LogP contribution in [0.25, 0.3) is 22.3 Å². The molecule has 164 valence electrons. The number of carbonyl (C=O) groups is 2. The number of esters is 1. The van der Waals surface area contributed by atoms with E-state index < -0.39 is 17.9 Å². The van der Waals surface area contributed by atoms with Crippen LogP contribution in [0.1, 0.15) is 45.0 Å². The Morgan fingerprint density at radius 1 is 1.13 bits per heavy atom. The first kappa shape index (κ1) is 22.1. The lowest BCUT2D eigenvalue weighted by Gasteiger charge is -2.24. The van der Waals surface area contributed by atoms with Crippen molar-refractivity contribution in [2.45, 2.75) is 46.3 Å². The minimum atomic E-state index is -1.24. The molecule has 7 nitrogen and oxygen atoms in total. The predicted molar refractivity (Wildman–Crippen MR) is 116 cm³/mol. The Morgan fingerprint density at radius 2 is 1.77 bits per heavy atom. The summed E-state index contributed by atoms with van der Waals surface area (Å²) in [6, 6.07) is 8.78. The fourth-order valence-electron chi connectivity index (χ4n) is 3.13. The number of nitrogens with one attached hydrogen (secondary N) is 1. The molecule has 1 amide bonds. The Bertz CT molecular complexity index is 1130. The molecule has 2 aromatic carbocycles. The molecule has 0 aliphatic rings. The fourth-order valence-corrected chi connectivity index (χ4v) is 3.13. The lowest BCUT2D eigenvalue weighted by atomic mass is 10.0. The van der Waals surface area contributed by atoms with Gasteiger partial charge in [-0.3, -0.25) is 0 Å². The first-order chi connectivity index (χ1) is 14.4. The monoisotopic (exact) mass is 428 g/mol. The lowest BCUT2D eigenvalue weighted by Crippen LogP contribution is -2.26. The van der Waals surface area contributed by atoms with Crippen LogP contribution in [0, 0.1) is 5.82 Å². The van der Waals surface area contributed by atoms with E-state index in [1.54, 1.807) is 12.1 Å². The molecule has 0 bridgehead atoms. The number of furan rings is 1. The minimum absolute atomic E-state index is 0.00340. The Kier molecular flexibility index (Phi) is 5.92. The summed E-state index contributed by atoms with van der Waals surface area (Å²) in [5.41, 5.74) is 6.23. The molecule has 0 saturated carbocycles. The van der Waals surface area contributed by atoms with Gasteiger partial charge in [0.2, 0.25) is 0 Å². The number of ether oxygens (including phenoxy) is 2. The molecule has 3 N–H and O–H groups in total. The molecule has 3 rings (SSSR count). The Morgan fingerprint density at radius 3 is 2.32 bits per heavy atom. The minimum Gasteiger partial charge on any atom is -0.489 e. The molecule has 0 saturated heterocycles. The van der Waals surface area contributed by atoms with Crippen LogP contribution in [0.4, 0.5) is 14.9 Å². The number of hydrogen-bond acceptors (Lipinski definition) is 6. The zero-order chi connectivity index (χ0) is 22.9. The maximum absolute atomic E-state index is 13.4. The van der Waals surface area contributed by atoms with Gasteiger partial charge in [-0.1, -0.05) is 0 Å². The van der Waals surface area contributed by atoms with Gasteiger partial charge in [-0.25, -0.2) is 14.0 Å². The third-order valence-electron chi connectivity index (χ3n) is 4.17. The highest BCUT2D eigenvalue weighted by Crippen LogP contribution is 2.40. The zero-order valence-corrected chi connectivity index (χ0v) is 18.0. The van der Waals surface area contributed by atoms with Crippen molar-refractivity contribution in [3.63, 3.8) is 0 Å². The second-order valence-corrected chi connectivity index (χ2v) is 8.41. The highest BCUT2D eigenvalue weighted by molar-refractivity contribution is 6.12. The Labute approximate surface area is 179 Å². The van der Waals surface area contributed by atoms with E-state index in [1.165, 1.54) is 24.3 Å². The molecule has 31 heavy (non-hydrogen) atoms. The number of halogens is 1. The molecular formula is C23H25FN2O5. The van der Waals surface area contributed by atoms with Crippen LogP contribution in [0.3, 0.4) is 0 Å². The van der Waals surface area contributed by atoms with Gasteiger partial charge >= 0.3 is 12.1 Å². The van der Waals surface area contributed by atoms with Crippen LogP contribution in [-0.2, 0) is 4.74 Å². The Hall–Kier alpha value is -3.55. The lowest BCUT2D eigenvalue weighted by molar-refractivity contribution is 0.0640. The number of rotatable bonds is 5. The van der Waals surface area contributed by atoms with E-state index in [2.05, 4.69) is 10.1 Å². The van der Waals surface area contributed by atoms with E-state index in [-0.39, 0.29) is 23.0 Å². The summed E-state index contributed by atoms with van der Waals surface area (Å²) < 4.78 is 30.0. The first-order valence-electron chi connectivity index (χ1n) is 9.77. The molecule has 0 radical (unpaired) electrons. The maximum Gasteiger partial charge on any atom is 0.412 e. The van der Waals surface area contributed by atoms with E-state index in [0.717, 1.165) is 0 Å². The SMILES string of the molecule is CC(C)Oc1cc2c(C(=O)OC(N)=O)c(-c3ccc(F)cc3)oc2cc1NC(C)(C)C. The van der Waals surface area contributed by atoms with Crippen LogP contribution in [-0.4, -0.2) is 23.7 Å². The van der Waals surface area contributed by atoms with Crippen molar-refractivity contribution in [2.75, 3.05) is 5.32 Å². The summed E-state index contributed by atoms with van der Waals surface area (Å²) in [4.78, 5) is 23.9. The highest BCUT2D eigenvalue weighted by Gasteiger charge is 2.27. The summed E-state index contributed by atoms with van der Waals surface area (Å²) in [7, 11) is 0. The number of benzene rings is 2. The van der Waals surface area contributed by atoms with Gasteiger partial charge in [0.25, 0.3) is 0 Å². The topological polar surface area (TPSA) is 104 Å². The van der Waals surface area contributed by atoms with Crippen LogP contribution >= 0.6 is 0 Å². The van der Waals surface area contributed by atoms with Crippen LogP contribution in [0.15, 0.2) is 40.8 Å². The van der Waals surface area contributed by atoms with Gasteiger partial charge in [0.15, 0.2) is 0 Å². The second kappa shape index (κ2) is 8.29. The second-order valence-electron chi connectivity index (χ2n) is 8.41. The van der Waals surface area contributed by atoms with Gasteiger partial charge in [-0.05, 0) is 65.0 Å². The predicted octanol–water partition coefficient (Wildman–Crippen LogP) is 5.47. The summed E-state index contributed by atoms with van der Waals surface area (Å²) in [5, 5.41) is 3.74. The molecular weight excluding hydrogens is 403 g/mol. The molecule has 0 aliphatic carbocycles. The number of fused-ring (bicyclic) bond motifs is 1. The Balaban J connectivity index is 2.28. The van der Waals surface area contributed by atoms with E-state index in [1.807, 2.05) is 34.6 Å². The molecule has 1 heterocycles. The van der Waals surface area contributed by atoms with Gasteiger partial charge in [0, 0.05) is 22.6 Å². The molecule has 0 atom stereocenters. The van der Waals surface area contributed by atoms with Crippen molar-refractivity contribution in [2.24, 2.45) is 5.73 Å². The quantitative estimate of drug-likeness (QED) is 0.412. The van der Waals surface area contributed by atoms with Crippen molar-refractivity contribution in [1.29, 1.82) is 0 Å². The third kappa shape index (κ3) is 5.14. The molecule has 8 heteroatoms. The number of nitrogens with two attached hydrogens (primary N) is 1. The van der Waals surface area contributed by atoms with Crippen molar-refractivity contribution < 1.29 is 27.9 Å². The fraction of sp³-hybridized carbons (Fsp3) is 0.304. The van der Waals surface area contributed by atoms with Gasteiger partial charge in [-0.2, -0.15) is 0 Å². The van der Waals surface area contributed by atoms with Gasteiger partial charge in [0.1, 0.15) is 28.5 Å². The summed E-state index contributed by atoms with van der Waals surface area (Å²) in [5.74, 6) is -0.787. The van der Waals surface area contributed by atoms with Crippen LogP contribution in [0.5, 0.6) is 5.75 Å². The van der Waals surface area contributed by atoms with Crippen molar-refractivity contribution in [1.82, 2.24) is 0 Å². The van der Waals surface area contributed by atoms with Gasteiger partial charge in [0.05, 0.1) is 11.8 Å². The number of carbonyl (C=O) groups excluding carboxylic acids is 2. The van der Waals surface area contributed by atoms with E-state index in [0.29, 0.717) is 28.0 Å². The van der Waals surface area contributed by atoms with Crippen molar-refractivity contribution >= 4 is 28.7 Å². The van der Waals surface area contributed by atoms with E-state index >= 15 is 0 Å². The summed E-state index contributed by atoms with van der Waals surface area (Å²) in [6.07, 6.45) is -1.38. The van der Waals surface area contributed by atoms with Crippen molar-refractivity contribution in [3.05, 3.63) is 47.8 Å². The number of hydrogen-bond donors (Lipinski definition) is 2. The molecule has 0 aliphatic heterocycles. The van der Waals surface area contributed by atoms with E-state index in [4.69, 9.17) is 14.9 Å². The average Bonchev–Trinajstić information content (AvgIpc) is 2.98. The zero-order valence-electron chi connectivity index (χ0n) is 18.0.